The number of H-pyrrole nitrogens is 1. The first-order chi connectivity index (χ1) is 16.0. The van der Waals surface area contributed by atoms with Crippen LogP contribution >= 0.6 is 0 Å². The summed E-state index contributed by atoms with van der Waals surface area (Å²) < 4.78 is 6.11. The quantitative estimate of drug-likeness (QED) is 0.254. The van der Waals surface area contributed by atoms with E-state index in [9.17, 15) is 19.7 Å². The van der Waals surface area contributed by atoms with Gasteiger partial charge in [0, 0.05) is 23.1 Å². The number of fused-ring (bicyclic) bond motifs is 3. The van der Waals surface area contributed by atoms with Crippen LogP contribution in [0.5, 0.6) is 0 Å². The molecule has 0 unspecified atom stereocenters. The molecule has 9 nitrogen and oxygen atoms in total. The first-order valence-corrected chi connectivity index (χ1v) is 9.95. The number of carbonyl (C=O) groups excluding carboxylic acids is 1. The van der Waals surface area contributed by atoms with Gasteiger partial charge in [-0.05, 0) is 42.5 Å². The average Bonchev–Trinajstić information content (AvgIpc) is 3.20. The number of rotatable bonds is 4. The highest BCUT2D eigenvalue weighted by atomic mass is 16.6. The number of non-ortho nitro benzene ring substituents is 1. The van der Waals surface area contributed by atoms with Crippen molar-refractivity contribution in [3.05, 3.63) is 98.8 Å². The third-order valence-corrected chi connectivity index (χ3v) is 5.43. The molecule has 162 valence electrons. The van der Waals surface area contributed by atoms with Crippen LogP contribution in [0.25, 0.3) is 38.8 Å². The van der Waals surface area contributed by atoms with Gasteiger partial charge in [-0.3, -0.25) is 20.0 Å². The fourth-order valence-electron chi connectivity index (χ4n) is 3.81. The van der Waals surface area contributed by atoms with Gasteiger partial charge in [0.15, 0.2) is 0 Å². The summed E-state index contributed by atoms with van der Waals surface area (Å²) in [4.78, 5) is 40.5. The van der Waals surface area contributed by atoms with Crippen molar-refractivity contribution < 1.29 is 14.5 Å². The zero-order valence-electron chi connectivity index (χ0n) is 17.3. The molecule has 0 aliphatic rings. The SMILES string of the molecule is COC(=O)c1ccc(-n2[nH]c3c(c(-c4ccc([N+](=O)[O-])cc4)nc4ccccc43)c2=O)cc1. The normalized spacial score (nSPS) is 11.1. The number of nitro benzene ring substituents is 1. The molecule has 0 radical (unpaired) electrons. The molecule has 0 saturated carbocycles. The van der Waals surface area contributed by atoms with E-state index >= 15 is 0 Å². The Morgan fingerprint density at radius 1 is 1.03 bits per heavy atom. The number of aromatic nitrogens is 3. The fraction of sp³-hybridized carbons (Fsp3) is 0.0417. The van der Waals surface area contributed by atoms with Gasteiger partial charge in [0.05, 0.1) is 45.4 Å². The Balaban J connectivity index is 1.76. The molecule has 3 aromatic carbocycles. The van der Waals surface area contributed by atoms with E-state index in [2.05, 4.69) is 5.10 Å². The minimum absolute atomic E-state index is 0.0482. The van der Waals surface area contributed by atoms with Crippen molar-refractivity contribution >= 4 is 33.5 Å². The van der Waals surface area contributed by atoms with Gasteiger partial charge in [-0.2, -0.15) is 0 Å². The summed E-state index contributed by atoms with van der Waals surface area (Å²) >= 11 is 0. The van der Waals surface area contributed by atoms with Crippen molar-refractivity contribution in [3.8, 4) is 16.9 Å². The number of carbonyl (C=O) groups is 1. The van der Waals surface area contributed by atoms with E-state index in [1.165, 1.54) is 23.9 Å². The van der Waals surface area contributed by atoms with Crippen LogP contribution in [-0.2, 0) is 4.74 Å². The van der Waals surface area contributed by atoms with Crippen LogP contribution in [0.4, 0.5) is 5.69 Å². The number of aromatic amines is 1. The Morgan fingerprint density at radius 2 is 1.73 bits per heavy atom. The Kier molecular flexibility index (Phi) is 4.71. The van der Waals surface area contributed by atoms with Gasteiger partial charge in [0.2, 0.25) is 0 Å². The molecule has 0 saturated heterocycles. The van der Waals surface area contributed by atoms with Gasteiger partial charge in [0.1, 0.15) is 0 Å². The van der Waals surface area contributed by atoms with Crippen molar-refractivity contribution in [2.75, 3.05) is 7.11 Å². The molecule has 2 heterocycles. The van der Waals surface area contributed by atoms with Crippen LogP contribution in [0.15, 0.2) is 77.6 Å². The molecule has 2 aromatic heterocycles. The molecule has 33 heavy (non-hydrogen) atoms. The summed E-state index contributed by atoms with van der Waals surface area (Å²) in [5, 5.41) is 15.3. The van der Waals surface area contributed by atoms with Crippen LogP contribution < -0.4 is 5.56 Å². The van der Waals surface area contributed by atoms with Gasteiger partial charge in [-0.15, -0.1) is 0 Å². The summed E-state index contributed by atoms with van der Waals surface area (Å²) in [5.74, 6) is -0.471. The van der Waals surface area contributed by atoms with Gasteiger partial charge < -0.3 is 4.74 Å². The first-order valence-electron chi connectivity index (χ1n) is 9.95. The second kappa shape index (κ2) is 7.72. The molecule has 5 rings (SSSR count). The topological polar surface area (TPSA) is 120 Å². The van der Waals surface area contributed by atoms with Crippen LogP contribution in [-0.4, -0.2) is 32.8 Å². The van der Waals surface area contributed by atoms with Crippen LogP contribution in [0, 0.1) is 10.1 Å². The molecule has 1 N–H and O–H groups in total. The number of hydrogen-bond donors (Lipinski definition) is 1. The number of benzene rings is 3. The van der Waals surface area contributed by atoms with Gasteiger partial charge in [0.25, 0.3) is 11.2 Å². The van der Waals surface area contributed by atoms with E-state index in [1.807, 2.05) is 24.3 Å². The number of hydrogen-bond acceptors (Lipinski definition) is 6. The zero-order valence-corrected chi connectivity index (χ0v) is 17.3. The number of esters is 1. The van der Waals surface area contributed by atoms with Crippen molar-refractivity contribution in [3.63, 3.8) is 0 Å². The number of ether oxygens (including phenoxy) is 1. The van der Waals surface area contributed by atoms with E-state index in [0.29, 0.717) is 38.9 Å². The number of nitrogens with zero attached hydrogens (tertiary/aromatic N) is 3. The van der Waals surface area contributed by atoms with E-state index in [0.717, 1.165) is 5.39 Å². The lowest BCUT2D eigenvalue weighted by molar-refractivity contribution is -0.384. The van der Waals surface area contributed by atoms with Crippen molar-refractivity contribution in [2.45, 2.75) is 0 Å². The van der Waals surface area contributed by atoms with Crippen molar-refractivity contribution in [2.24, 2.45) is 0 Å². The second-order valence-corrected chi connectivity index (χ2v) is 7.32. The van der Waals surface area contributed by atoms with Gasteiger partial charge in [-0.1, -0.05) is 18.2 Å². The highest BCUT2D eigenvalue weighted by molar-refractivity contribution is 6.08. The molecule has 0 aliphatic carbocycles. The molecular formula is C24H16N4O5. The Morgan fingerprint density at radius 3 is 2.39 bits per heavy atom. The molecule has 9 heteroatoms. The maximum Gasteiger partial charge on any atom is 0.337 e. The van der Waals surface area contributed by atoms with Crippen LogP contribution in [0.1, 0.15) is 10.4 Å². The minimum atomic E-state index is -0.478. The third-order valence-electron chi connectivity index (χ3n) is 5.43. The number of pyridine rings is 1. The molecule has 0 bridgehead atoms. The Bertz CT molecular complexity index is 1600. The lowest BCUT2D eigenvalue weighted by Crippen LogP contribution is -2.15. The molecular weight excluding hydrogens is 424 g/mol. The summed E-state index contributed by atoms with van der Waals surface area (Å²) in [7, 11) is 1.30. The fourth-order valence-corrected chi connectivity index (χ4v) is 3.81. The molecule has 5 aromatic rings. The number of nitrogens with one attached hydrogen (secondary N) is 1. The number of para-hydroxylation sites is 1. The molecule has 0 atom stereocenters. The lowest BCUT2D eigenvalue weighted by atomic mass is 10.0. The average molecular weight is 440 g/mol. The number of nitro groups is 1. The summed E-state index contributed by atoms with van der Waals surface area (Å²) in [6, 6.07) is 19.8. The highest BCUT2D eigenvalue weighted by Crippen LogP contribution is 2.31. The zero-order chi connectivity index (χ0) is 23.1. The van der Waals surface area contributed by atoms with E-state index < -0.39 is 10.9 Å². The van der Waals surface area contributed by atoms with E-state index in [4.69, 9.17) is 9.72 Å². The monoisotopic (exact) mass is 440 g/mol. The minimum Gasteiger partial charge on any atom is -0.465 e. The van der Waals surface area contributed by atoms with Crippen LogP contribution in [0.3, 0.4) is 0 Å². The second-order valence-electron chi connectivity index (χ2n) is 7.32. The van der Waals surface area contributed by atoms with E-state index in [1.54, 1.807) is 36.4 Å². The smallest absolute Gasteiger partial charge is 0.337 e. The van der Waals surface area contributed by atoms with Gasteiger partial charge in [-0.25, -0.2) is 14.5 Å². The summed E-state index contributed by atoms with van der Waals surface area (Å²) in [5.41, 5.74) is 2.79. The molecule has 0 amide bonds. The largest absolute Gasteiger partial charge is 0.465 e. The predicted octanol–water partition coefficient (Wildman–Crippen LogP) is 4.23. The Hall–Kier alpha value is -4.79. The predicted molar refractivity (Wildman–Crippen MR) is 123 cm³/mol. The molecule has 0 spiro atoms. The molecule has 0 fully saturated rings. The summed E-state index contributed by atoms with van der Waals surface area (Å²) in [6.45, 7) is 0. The van der Waals surface area contributed by atoms with Crippen LogP contribution in [0.2, 0.25) is 0 Å². The maximum absolute atomic E-state index is 13.5. The van der Waals surface area contributed by atoms with E-state index in [-0.39, 0.29) is 11.2 Å². The highest BCUT2D eigenvalue weighted by Gasteiger charge is 2.19. The third kappa shape index (κ3) is 3.32. The van der Waals surface area contributed by atoms with Gasteiger partial charge >= 0.3 is 5.97 Å². The van der Waals surface area contributed by atoms with Crippen molar-refractivity contribution in [1.29, 1.82) is 0 Å². The lowest BCUT2D eigenvalue weighted by Gasteiger charge is -2.05. The standard InChI is InChI=1S/C24H16N4O5/c1-33-24(30)15-8-10-16(11-9-15)27-23(29)20-21(14-6-12-17(13-7-14)28(31)32)25-19-5-3-2-4-18(19)22(20)26-27/h2-13,26H,1H3. The number of methoxy groups -OCH3 is 1. The Labute approximate surface area is 186 Å². The maximum atomic E-state index is 13.5. The molecule has 0 aliphatic heterocycles. The summed E-state index contributed by atoms with van der Waals surface area (Å²) in [6.07, 6.45) is 0. The van der Waals surface area contributed by atoms with Crippen molar-refractivity contribution in [1.82, 2.24) is 14.8 Å². The first kappa shape index (κ1) is 20.1.